The van der Waals surface area contributed by atoms with Crippen molar-refractivity contribution in [1.82, 2.24) is 4.57 Å². The fraction of sp³-hybridized carbons (Fsp3) is 0.107. The number of para-hydroxylation sites is 1. The molecule has 3 aromatic carbocycles. The van der Waals surface area contributed by atoms with E-state index in [9.17, 15) is 9.59 Å². The van der Waals surface area contributed by atoms with E-state index in [2.05, 4.69) is 10.3 Å². The van der Waals surface area contributed by atoms with Gasteiger partial charge in [-0.15, -0.1) is 0 Å². The summed E-state index contributed by atoms with van der Waals surface area (Å²) < 4.78 is 2.23. The molecule has 1 aliphatic heterocycles. The predicted molar refractivity (Wildman–Crippen MR) is 136 cm³/mol. The second-order valence-electron chi connectivity index (χ2n) is 8.23. The summed E-state index contributed by atoms with van der Waals surface area (Å²) in [4.78, 5) is 32.4. The first kappa shape index (κ1) is 21.8. The number of rotatable bonds is 4. The highest BCUT2D eigenvalue weighted by atomic mass is 32.1. The monoisotopic (exact) mass is 465 g/mol. The summed E-state index contributed by atoms with van der Waals surface area (Å²) in [6.45, 7) is 3.85. The molecule has 2 heterocycles. The van der Waals surface area contributed by atoms with Gasteiger partial charge in [-0.25, -0.2) is 4.99 Å². The van der Waals surface area contributed by atoms with Crippen LogP contribution in [0, 0.1) is 6.92 Å². The second kappa shape index (κ2) is 9.08. The van der Waals surface area contributed by atoms with Crippen molar-refractivity contribution >= 4 is 29.0 Å². The van der Waals surface area contributed by atoms with Crippen LogP contribution in [-0.2, 0) is 4.79 Å². The number of amides is 1. The van der Waals surface area contributed by atoms with Crippen LogP contribution in [-0.4, -0.2) is 10.5 Å². The van der Waals surface area contributed by atoms with Gasteiger partial charge in [0.05, 0.1) is 21.8 Å². The number of carbonyl (C=O) groups is 1. The minimum Gasteiger partial charge on any atom is -0.322 e. The van der Waals surface area contributed by atoms with E-state index in [4.69, 9.17) is 0 Å². The number of hydrogen-bond acceptors (Lipinski definition) is 4. The van der Waals surface area contributed by atoms with Gasteiger partial charge in [0.2, 0.25) is 0 Å². The van der Waals surface area contributed by atoms with Crippen LogP contribution in [0.15, 0.2) is 106 Å². The van der Waals surface area contributed by atoms with Crippen LogP contribution >= 0.6 is 11.3 Å². The lowest BCUT2D eigenvalue weighted by Gasteiger charge is -2.25. The Hall–Kier alpha value is -4.03. The highest BCUT2D eigenvalue weighted by Crippen LogP contribution is 2.30. The van der Waals surface area contributed by atoms with Crippen LogP contribution in [0.2, 0.25) is 0 Å². The number of nitrogens with one attached hydrogen (secondary N) is 1. The third-order valence-electron chi connectivity index (χ3n) is 5.75. The van der Waals surface area contributed by atoms with E-state index < -0.39 is 6.04 Å². The number of anilines is 1. The SMILES string of the molecule is CC1=C(C(=O)Nc2ccccc2)C(c2ccccc2)n2c(s/c(=C/c3cccc(C)c3)c2=O)=N1. The molecule has 1 aliphatic rings. The Morgan fingerprint density at radius 2 is 1.68 bits per heavy atom. The van der Waals surface area contributed by atoms with E-state index in [0.717, 1.165) is 16.7 Å². The molecule has 1 amide bonds. The number of aryl methyl sites for hydroxylation is 1. The zero-order valence-corrected chi connectivity index (χ0v) is 19.7. The van der Waals surface area contributed by atoms with Crippen LogP contribution in [0.4, 0.5) is 5.69 Å². The van der Waals surface area contributed by atoms with Crippen molar-refractivity contribution < 1.29 is 4.79 Å². The van der Waals surface area contributed by atoms with Gasteiger partial charge in [0, 0.05) is 5.69 Å². The van der Waals surface area contributed by atoms with Crippen LogP contribution in [0.25, 0.3) is 6.08 Å². The highest BCUT2D eigenvalue weighted by Gasteiger charge is 2.32. The van der Waals surface area contributed by atoms with Crippen molar-refractivity contribution in [2.24, 2.45) is 4.99 Å². The summed E-state index contributed by atoms with van der Waals surface area (Å²) >= 11 is 1.34. The molecule has 1 aromatic heterocycles. The van der Waals surface area contributed by atoms with Crippen LogP contribution in [0.1, 0.15) is 29.7 Å². The summed E-state index contributed by atoms with van der Waals surface area (Å²) in [5, 5.41) is 2.97. The topological polar surface area (TPSA) is 63.5 Å². The Balaban J connectivity index is 1.67. The van der Waals surface area contributed by atoms with E-state index in [1.165, 1.54) is 11.3 Å². The number of nitrogens with zero attached hydrogens (tertiary/aromatic N) is 2. The number of allylic oxidation sites excluding steroid dienone is 1. The van der Waals surface area contributed by atoms with Gasteiger partial charge < -0.3 is 5.32 Å². The summed E-state index contributed by atoms with van der Waals surface area (Å²) in [5.41, 5.74) is 4.54. The molecule has 0 fully saturated rings. The fourth-order valence-corrected chi connectivity index (χ4v) is 5.24. The van der Waals surface area contributed by atoms with Crippen molar-refractivity contribution in [2.45, 2.75) is 19.9 Å². The summed E-state index contributed by atoms with van der Waals surface area (Å²) in [6, 6.07) is 26.4. The first-order valence-electron chi connectivity index (χ1n) is 11.0. The number of benzene rings is 3. The first-order chi connectivity index (χ1) is 16.5. The second-order valence-corrected chi connectivity index (χ2v) is 9.24. The van der Waals surface area contributed by atoms with Gasteiger partial charge >= 0.3 is 0 Å². The molecule has 0 bridgehead atoms. The summed E-state index contributed by atoms with van der Waals surface area (Å²) in [5.74, 6) is -0.269. The summed E-state index contributed by atoms with van der Waals surface area (Å²) in [6.07, 6.45) is 1.89. The van der Waals surface area contributed by atoms with Gasteiger partial charge in [0.25, 0.3) is 11.5 Å². The molecule has 0 saturated heterocycles. The maximum Gasteiger partial charge on any atom is 0.271 e. The lowest BCUT2D eigenvalue weighted by molar-refractivity contribution is -0.113. The number of fused-ring (bicyclic) bond motifs is 1. The third kappa shape index (κ3) is 4.16. The minimum absolute atomic E-state index is 0.156. The van der Waals surface area contributed by atoms with Crippen LogP contribution < -0.4 is 20.2 Å². The largest absolute Gasteiger partial charge is 0.322 e. The van der Waals surface area contributed by atoms with Gasteiger partial charge in [-0.1, -0.05) is 89.7 Å². The van der Waals surface area contributed by atoms with Crippen molar-refractivity contribution in [3.8, 4) is 0 Å². The van der Waals surface area contributed by atoms with Gasteiger partial charge in [0.1, 0.15) is 0 Å². The first-order valence-corrected chi connectivity index (χ1v) is 11.8. The fourth-order valence-electron chi connectivity index (χ4n) is 4.19. The maximum atomic E-state index is 13.6. The molecule has 0 radical (unpaired) electrons. The Kier molecular flexibility index (Phi) is 5.82. The normalized spacial score (nSPS) is 15.6. The van der Waals surface area contributed by atoms with Crippen molar-refractivity contribution in [1.29, 1.82) is 0 Å². The number of thiazole rings is 1. The van der Waals surface area contributed by atoms with E-state index in [1.807, 2.05) is 105 Å². The lowest BCUT2D eigenvalue weighted by atomic mass is 9.95. The van der Waals surface area contributed by atoms with Gasteiger partial charge in [-0.3, -0.25) is 14.2 Å². The van der Waals surface area contributed by atoms with E-state index in [0.29, 0.717) is 26.3 Å². The molecule has 168 valence electrons. The smallest absolute Gasteiger partial charge is 0.271 e. The molecule has 1 N–H and O–H groups in total. The zero-order valence-electron chi connectivity index (χ0n) is 18.9. The Morgan fingerprint density at radius 1 is 0.971 bits per heavy atom. The van der Waals surface area contributed by atoms with Crippen molar-refractivity contribution in [2.75, 3.05) is 5.32 Å². The van der Waals surface area contributed by atoms with E-state index in [1.54, 1.807) is 4.57 Å². The number of carbonyl (C=O) groups excluding carboxylic acids is 1. The van der Waals surface area contributed by atoms with Gasteiger partial charge in [0.15, 0.2) is 4.80 Å². The molecule has 0 saturated carbocycles. The highest BCUT2D eigenvalue weighted by molar-refractivity contribution is 7.07. The molecule has 34 heavy (non-hydrogen) atoms. The van der Waals surface area contributed by atoms with Gasteiger partial charge in [-0.2, -0.15) is 0 Å². The molecular formula is C28H23N3O2S. The molecular weight excluding hydrogens is 442 g/mol. The molecule has 1 atom stereocenters. The molecule has 4 aromatic rings. The minimum atomic E-state index is -0.569. The van der Waals surface area contributed by atoms with Crippen molar-refractivity contribution in [3.05, 3.63) is 133 Å². The van der Waals surface area contributed by atoms with Crippen LogP contribution in [0.3, 0.4) is 0 Å². The standard InChI is InChI=1S/C28H23N3O2S/c1-18-10-9-11-20(16-18)17-23-27(33)31-25(21-12-5-3-6-13-21)24(19(2)29-28(31)34-23)26(32)30-22-14-7-4-8-15-22/h3-17,25H,1-2H3,(H,30,32)/b23-17+. The van der Waals surface area contributed by atoms with E-state index in [-0.39, 0.29) is 11.5 Å². The van der Waals surface area contributed by atoms with Crippen molar-refractivity contribution in [3.63, 3.8) is 0 Å². The average molecular weight is 466 g/mol. The Morgan fingerprint density at radius 3 is 2.38 bits per heavy atom. The molecule has 0 spiro atoms. The number of aromatic nitrogens is 1. The average Bonchev–Trinajstić information content (AvgIpc) is 3.13. The molecule has 5 rings (SSSR count). The summed E-state index contributed by atoms with van der Waals surface area (Å²) in [7, 11) is 0. The maximum absolute atomic E-state index is 13.6. The Bertz CT molecular complexity index is 1580. The molecule has 5 nitrogen and oxygen atoms in total. The third-order valence-corrected chi connectivity index (χ3v) is 6.74. The molecule has 0 aliphatic carbocycles. The Labute approximate surface area is 201 Å². The number of hydrogen-bond donors (Lipinski definition) is 1. The molecule has 6 heteroatoms. The predicted octanol–water partition coefficient (Wildman–Crippen LogP) is 4.18. The van der Waals surface area contributed by atoms with Gasteiger partial charge in [-0.05, 0) is 43.2 Å². The van der Waals surface area contributed by atoms with E-state index >= 15 is 0 Å². The lowest BCUT2D eigenvalue weighted by Crippen LogP contribution is -2.40. The van der Waals surface area contributed by atoms with Crippen LogP contribution in [0.5, 0.6) is 0 Å². The molecule has 1 unspecified atom stereocenters. The zero-order chi connectivity index (χ0) is 23.7. The quantitative estimate of drug-likeness (QED) is 0.491.